The Morgan fingerprint density at radius 1 is 0.676 bits per heavy atom. The number of aliphatic imine (C=N–C) groups is 2. The first-order valence-electron chi connectivity index (χ1n) is 24.8. The number of rotatable bonds is 29. The molecule has 2 aliphatic heterocycles. The Hall–Kier alpha value is -5.63. The van der Waals surface area contributed by atoms with Crippen LogP contribution in [-0.2, 0) is 17.9 Å². The zero-order valence-corrected chi connectivity index (χ0v) is 43.8. The van der Waals surface area contributed by atoms with Gasteiger partial charge >= 0.3 is 269 Å². The molecule has 6 nitrogen and oxygen atoms in total. The zero-order valence-electron chi connectivity index (χ0n) is 40.8. The molecule has 354 valence electrons. The predicted octanol–water partition coefficient (Wildman–Crippen LogP) is 15.4. The number of H-pyrrole nitrogens is 1. The van der Waals surface area contributed by atoms with Gasteiger partial charge in [0.15, 0.2) is 5.75 Å². The maximum atomic E-state index is 16.1. The van der Waals surface area contributed by atoms with Gasteiger partial charge in [-0.15, -0.1) is 6.42 Å². The van der Waals surface area contributed by atoms with E-state index in [4.69, 9.17) is 44.6 Å². The van der Waals surface area contributed by atoms with Crippen molar-refractivity contribution in [2.24, 2.45) is 21.8 Å². The molecular weight excluding hydrogens is 900 g/mol. The molecule has 2 N–H and O–H groups in total. The zero-order chi connectivity index (χ0) is 48.8. The average molecular weight is 969 g/mol. The molecule has 5 rings (SSSR count). The van der Waals surface area contributed by atoms with E-state index in [2.05, 4.69) is 44.5 Å². The summed E-state index contributed by atoms with van der Waals surface area (Å²) in [7, 11) is 0. The van der Waals surface area contributed by atoms with E-state index in [9.17, 15) is 0 Å². The van der Waals surface area contributed by atoms with Gasteiger partial charge < -0.3 is 10.5 Å². The van der Waals surface area contributed by atoms with Crippen LogP contribution in [0.2, 0.25) is 0 Å². The van der Waals surface area contributed by atoms with Crippen LogP contribution >= 0.6 is 0 Å². The molecule has 1 aromatic heterocycles. The number of terminal acetylenes is 2. The number of hydrogen-bond acceptors (Lipinski definition) is 4. The number of nitrogens with one attached hydrogen (secondary N) is 2. The summed E-state index contributed by atoms with van der Waals surface area (Å²) in [5, 5.41) is 0. The number of allylic oxidation sites excluding steroid dienone is 7. The molecule has 9 heteroatoms. The van der Waals surface area contributed by atoms with E-state index in [1.165, 1.54) is 57.1 Å². The van der Waals surface area contributed by atoms with Gasteiger partial charge in [0, 0.05) is 0 Å². The van der Waals surface area contributed by atoms with Crippen molar-refractivity contribution in [1.82, 2.24) is 4.98 Å². The van der Waals surface area contributed by atoms with Crippen LogP contribution < -0.4 is 9.47 Å². The van der Waals surface area contributed by atoms with E-state index in [0.717, 1.165) is 91.4 Å². The van der Waals surface area contributed by atoms with Gasteiger partial charge in [-0.25, -0.2) is 4.39 Å². The molecule has 0 aliphatic carbocycles. The summed E-state index contributed by atoms with van der Waals surface area (Å²) in [5.41, 5.74) is 14.3. The Morgan fingerprint density at radius 3 is 1.74 bits per heavy atom. The summed E-state index contributed by atoms with van der Waals surface area (Å²) in [6, 6.07) is 13.7. The topological polar surface area (TPSA) is 82.8 Å². The van der Waals surface area contributed by atoms with E-state index in [-0.39, 0.29) is 28.6 Å². The molecular formula is C59H68F2N4O2Zn-2. The van der Waals surface area contributed by atoms with E-state index < -0.39 is 5.82 Å². The Labute approximate surface area is 415 Å². The third kappa shape index (κ3) is 14.9. The number of benzene rings is 2. The van der Waals surface area contributed by atoms with E-state index in [1.54, 1.807) is 18.2 Å². The number of halogens is 2. The molecule has 0 fully saturated rings. The Morgan fingerprint density at radius 2 is 1.19 bits per heavy atom. The van der Waals surface area contributed by atoms with Crippen LogP contribution in [0.5, 0.6) is 11.5 Å². The summed E-state index contributed by atoms with van der Waals surface area (Å²) in [4.78, 5) is 13.3. The molecule has 2 aromatic carbocycles. The minimum atomic E-state index is -0.486. The number of hydrogen-bond donors (Lipinski definition) is 1. The third-order valence-electron chi connectivity index (χ3n) is 12.6. The molecule has 2 atom stereocenters. The van der Waals surface area contributed by atoms with Gasteiger partial charge in [0.05, 0.1) is 6.61 Å². The van der Waals surface area contributed by atoms with Crippen molar-refractivity contribution in [3.63, 3.8) is 0 Å². The van der Waals surface area contributed by atoms with Gasteiger partial charge in [-0.2, -0.15) is 0 Å². The summed E-state index contributed by atoms with van der Waals surface area (Å²) < 4.78 is 44.8. The van der Waals surface area contributed by atoms with Gasteiger partial charge in [0.2, 0.25) is 0 Å². The normalized spacial score (nSPS) is 15.8. The molecule has 0 spiro atoms. The maximum absolute atomic E-state index is 16.1. The first kappa shape index (κ1) is 53.3. The summed E-state index contributed by atoms with van der Waals surface area (Å²) in [5.74, 6) is 5.73. The van der Waals surface area contributed by atoms with Gasteiger partial charge in [-0.3, -0.25) is 18.4 Å². The fraction of sp³-hybridized carbons (Fsp3) is 0.407. The standard InChI is InChI=1S/C59H68F2N4O2.Zn/c1-8-15-19-21-25-42(23-17-10-3)40-66-57-35-27-44(38-49(57)60)37-46-29-30-53(63-46)48(13-6)54-32-34-56(65-54)59(55-33-31-52(64-55)47(12-5)51(62)14-7)45-28-36-58(50(61)39-45)67-41-43(24-18-11-4)26-22-20-16-9-2;/h5-7,14,27-36,38-39,42-43,62,64H,8-11,15-26,40-41H2,1-4H3;/q-2;/b51-47-,53-48-,59-56-;. The van der Waals surface area contributed by atoms with E-state index >= 15 is 8.78 Å². The van der Waals surface area contributed by atoms with Gasteiger partial charge in [-0.05, 0) is 18.8 Å². The summed E-state index contributed by atoms with van der Waals surface area (Å²) in [6.45, 7) is 15.5. The Bertz CT molecular complexity index is 2540. The molecule has 0 saturated heterocycles. The second-order valence-corrected chi connectivity index (χ2v) is 19.3. The van der Waals surface area contributed by atoms with Crippen LogP contribution in [0.4, 0.5) is 8.78 Å². The van der Waals surface area contributed by atoms with Crippen LogP contribution in [0, 0.1) is 54.7 Å². The summed E-state index contributed by atoms with van der Waals surface area (Å²) in [6.07, 6.45) is 38.9. The number of nitrogens with zero attached hydrogens (tertiary/aromatic N) is 2. The predicted molar refractivity (Wildman–Crippen MR) is 276 cm³/mol. The van der Waals surface area contributed by atoms with Crippen molar-refractivity contribution in [2.45, 2.75) is 130 Å². The molecule has 2 aliphatic rings. The average Bonchev–Trinajstić information content (AvgIpc) is 4.15. The van der Waals surface area contributed by atoms with E-state index in [1.807, 2.05) is 42.5 Å². The fourth-order valence-electron chi connectivity index (χ4n) is 8.57. The van der Waals surface area contributed by atoms with Crippen molar-refractivity contribution in [1.29, 1.82) is 0 Å². The van der Waals surface area contributed by atoms with Crippen LogP contribution in [0.1, 0.15) is 153 Å². The van der Waals surface area contributed by atoms with Crippen molar-refractivity contribution in [3.05, 3.63) is 148 Å². The van der Waals surface area contributed by atoms with Crippen molar-refractivity contribution < 1.29 is 36.1 Å². The van der Waals surface area contributed by atoms with Gasteiger partial charge in [0.25, 0.3) is 0 Å². The Kier molecular flexibility index (Phi) is 22.0. The molecule has 68 heavy (non-hydrogen) atoms. The van der Waals surface area contributed by atoms with Crippen molar-refractivity contribution in [2.75, 3.05) is 13.2 Å². The molecule has 3 aromatic rings. The third-order valence-corrected chi connectivity index (χ3v) is 14.2. The van der Waals surface area contributed by atoms with Gasteiger partial charge in [0.1, 0.15) is 0 Å². The summed E-state index contributed by atoms with van der Waals surface area (Å²) >= 11 is 0.730. The van der Waals surface area contributed by atoms with Crippen LogP contribution in [0.3, 0.4) is 0 Å². The number of ether oxygens (including phenoxy) is 2. The minimum absolute atomic E-state index is 0.0122. The van der Waals surface area contributed by atoms with Crippen LogP contribution in [-0.4, -0.2) is 33.7 Å². The van der Waals surface area contributed by atoms with Crippen LogP contribution in [0.15, 0.2) is 112 Å². The number of aromatic amines is 1. The van der Waals surface area contributed by atoms with Crippen molar-refractivity contribution in [3.8, 4) is 36.2 Å². The second-order valence-electron chi connectivity index (χ2n) is 17.8. The van der Waals surface area contributed by atoms with Crippen LogP contribution in [0.25, 0.3) is 16.9 Å². The SMILES string of the molecule is C#C/C(C1=N/C(=C(/c2ccc(OCC(CCCC)CCCCCC)c(F)c2)c2ccc(/C(C#C)=C(\[NH-])C=[CH-])[nH]2)C=C1)=C1\C=CC([C](=[Zn])c2ccc(OCC(CCCC)CCCCCC)c(F)c2)=N1. The number of aromatic nitrogens is 1. The second kappa shape index (κ2) is 28.0. The molecule has 0 amide bonds. The monoisotopic (exact) mass is 966 g/mol. The van der Waals surface area contributed by atoms with E-state index in [0.29, 0.717) is 76.0 Å². The first-order valence-corrected chi connectivity index (χ1v) is 26.3. The fourth-order valence-corrected chi connectivity index (χ4v) is 9.45. The number of unbranched alkanes of at least 4 members (excludes halogenated alkanes) is 8. The van der Waals surface area contributed by atoms with Gasteiger partial charge in [-0.1, -0.05) is 77.2 Å². The molecule has 2 unspecified atom stereocenters. The quantitative estimate of drug-likeness (QED) is 0.0247. The van der Waals surface area contributed by atoms with Crippen molar-refractivity contribution >= 4 is 26.7 Å². The molecule has 3 heterocycles. The molecule has 0 saturated carbocycles. The molecule has 0 bridgehead atoms. The molecule has 0 radical (unpaired) electrons. The Balaban J connectivity index is 1.42. The first-order chi connectivity index (χ1) is 33.1.